The first-order valence-corrected chi connectivity index (χ1v) is 12.3. The number of esters is 2. The maximum absolute atomic E-state index is 12.6. The summed E-state index contributed by atoms with van der Waals surface area (Å²) in [5.74, 6) is -2.07. The first kappa shape index (κ1) is 23.9. The van der Waals surface area contributed by atoms with Crippen molar-refractivity contribution >= 4 is 45.8 Å². The number of carbonyl (C=O) groups excluding carboxylic acids is 4. The van der Waals surface area contributed by atoms with Gasteiger partial charge in [-0.2, -0.15) is 0 Å². The molecule has 0 unspecified atom stereocenters. The third-order valence-electron chi connectivity index (χ3n) is 6.24. The summed E-state index contributed by atoms with van der Waals surface area (Å²) < 4.78 is 10.4. The van der Waals surface area contributed by atoms with Gasteiger partial charge in [-0.05, 0) is 67.7 Å². The zero-order valence-electron chi connectivity index (χ0n) is 19.5. The van der Waals surface area contributed by atoms with E-state index in [-0.39, 0.29) is 25.5 Å². The zero-order valence-corrected chi connectivity index (χ0v) is 20.3. The van der Waals surface area contributed by atoms with Gasteiger partial charge in [-0.15, -0.1) is 11.3 Å². The Hall–Kier alpha value is -3.20. The maximum Gasteiger partial charge on any atom is 0.341 e. The number of rotatable bonds is 8. The van der Waals surface area contributed by atoms with E-state index in [1.165, 1.54) is 11.3 Å². The highest BCUT2D eigenvalue weighted by molar-refractivity contribution is 7.15. The number of nitrogens with zero attached hydrogens (tertiary/aromatic N) is 1. The van der Waals surface area contributed by atoms with Gasteiger partial charge >= 0.3 is 11.9 Å². The van der Waals surface area contributed by atoms with Crippen LogP contribution in [-0.2, 0) is 23.9 Å². The average Bonchev–Trinajstić information content (AvgIpc) is 3.45. The Balaban J connectivity index is 1.35. The molecule has 1 aromatic heterocycles. The number of hydrogen-bond acceptors (Lipinski definition) is 7. The van der Waals surface area contributed by atoms with E-state index < -0.39 is 30.4 Å². The van der Waals surface area contributed by atoms with Gasteiger partial charge in [-0.1, -0.05) is 12.1 Å². The Morgan fingerprint density at radius 1 is 1.18 bits per heavy atom. The molecule has 1 N–H and O–H groups in total. The molecule has 8 nitrogen and oxygen atoms in total. The van der Waals surface area contributed by atoms with Gasteiger partial charge in [0.1, 0.15) is 5.00 Å². The van der Waals surface area contributed by atoms with Crippen molar-refractivity contribution in [3.63, 3.8) is 0 Å². The third-order valence-corrected chi connectivity index (χ3v) is 7.15. The van der Waals surface area contributed by atoms with Crippen molar-refractivity contribution in [2.45, 2.75) is 46.0 Å². The predicted octanol–water partition coefficient (Wildman–Crippen LogP) is 3.95. The number of hydrogen-bond donors (Lipinski definition) is 1. The quantitative estimate of drug-likeness (QED) is 0.569. The summed E-state index contributed by atoms with van der Waals surface area (Å²) in [5, 5.41) is 4.95. The maximum atomic E-state index is 12.6. The van der Waals surface area contributed by atoms with Crippen molar-refractivity contribution in [3.05, 3.63) is 45.8 Å². The molecule has 34 heavy (non-hydrogen) atoms. The van der Waals surface area contributed by atoms with Crippen molar-refractivity contribution < 1.29 is 28.7 Å². The van der Waals surface area contributed by atoms with E-state index in [1.54, 1.807) is 11.8 Å². The van der Waals surface area contributed by atoms with Crippen molar-refractivity contribution in [1.29, 1.82) is 0 Å². The van der Waals surface area contributed by atoms with Crippen LogP contribution in [0.4, 0.5) is 10.7 Å². The molecule has 1 saturated carbocycles. The van der Waals surface area contributed by atoms with Crippen molar-refractivity contribution in [1.82, 2.24) is 0 Å². The van der Waals surface area contributed by atoms with Crippen LogP contribution in [0.25, 0.3) is 0 Å². The molecule has 0 radical (unpaired) electrons. The molecule has 0 spiro atoms. The molecule has 1 aliphatic heterocycles. The van der Waals surface area contributed by atoms with Crippen LogP contribution in [-0.4, -0.2) is 43.5 Å². The first-order valence-electron chi connectivity index (χ1n) is 11.4. The molecule has 1 aliphatic carbocycles. The number of benzene rings is 1. The normalized spacial score (nSPS) is 17.6. The number of carbonyl (C=O) groups is 4. The summed E-state index contributed by atoms with van der Waals surface area (Å²) in [5.41, 5.74) is 4.12. The summed E-state index contributed by atoms with van der Waals surface area (Å²) in [6, 6.07) is 5.71. The lowest BCUT2D eigenvalue weighted by atomic mass is 10.1. The van der Waals surface area contributed by atoms with Crippen LogP contribution >= 0.6 is 11.3 Å². The Kier molecular flexibility index (Phi) is 7.02. The van der Waals surface area contributed by atoms with E-state index in [0.717, 1.165) is 35.2 Å². The molecule has 2 heterocycles. The summed E-state index contributed by atoms with van der Waals surface area (Å²) >= 11 is 1.26. The zero-order chi connectivity index (χ0) is 24.4. The lowest BCUT2D eigenvalue weighted by Gasteiger charge is -2.20. The Labute approximate surface area is 202 Å². The second-order valence-electron chi connectivity index (χ2n) is 8.67. The average molecular weight is 485 g/mol. The van der Waals surface area contributed by atoms with Gasteiger partial charge in [0, 0.05) is 18.7 Å². The number of ether oxygens (including phenoxy) is 2. The molecule has 1 aromatic carbocycles. The fraction of sp³-hybridized carbons (Fsp3) is 0.440. The Bertz CT molecular complexity index is 1140. The van der Waals surface area contributed by atoms with Crippen LogP contribution < -0.4 is 10.2 Å². The lowest BCUT2D eigenvalue weighted by molar-refractivity contribution is -0.151. The van der Waals surface area contributed by atoms with Gasteiger partial charge in [0.2, 0.25) is 5.91 Å². The van der Waals surface area contributed by atoms with Gasteiger partial charge in [-0.25, -0.2) is 4.79 Å². The number of nitrogens with one attached hydrogen (secondary N) is 1. The van der Waals surface area contributed by atoms with Gasteiger partial charge in [0.15, 0.2) is 6.61 Å². The fourth-order valence-corrected chi connectivity index (χ4v) is 5.16. The Morgan fingerprint density at radius 2 is 1.94 bits per heavy atom. The van der Waals surface area contributed by atoms with Gasteiger partial charge in [-0.3, -0.25) is 14.4 Å². The summed E-state index contributed by atoms with van der Waals surface area (Å²) in [6.45, 7) is 5.60. The van der Waals surface area contributed by atoms with Crippen LogP contribution in [0.1, 0.15) is 59.2 Å². The molecule has 2 fully saturated rings. The summed E-state index contributed by atoms with van der Waals surface area (Å²) in [4.78, 5) is 51.7. The second-order valence-corrected chi connectivity index (χ2v) is 9.55. The van der Waals surface area contributed by atoms with Gasteiger partial charge < -0.3 is 19.7 Å². The monoisotopic (exact) mass is 484 g/mol. The molecule has 2 amide bonds. The first-order chi connectivity index (χ1) is 16.3. The van der Waals surface area contributed by atoms with Crippen LogP contribution in [0.3, 0.4) is 0 Å². The third kappa shape index (κ3) is 4.99. The second kappa shape index (κ2) is 9.97. The molecular formula is C25H28N2O6S. The van der Waals surface area contributed by atoms with Crippen molar-refractivity contribution in [2.24, 2.45) is 5.92 Å². The SMILES string of the molecule is CCOC(=O)c1c(C2CC2)csc1NC(=O)COC(=O)[C@H]1CC(=O)N(c2cccc(C)c2C)C1. The largest absolute Gasteiger partial charge is 0.462 e. The number of aryl methyl sites for hydroxylation is 1. The fourth-order valence-electron chi connectivity index (χ4n) is 4.12. The molecule has 9 heteroatoms. The summed E-state index contributed by atoms with van der Waals surface area (Å²) in [7, 11) is 0. The molecule has 2 aliphatic rings. The smallest absolute Gasteiger partial charge is 0.341 e. The van der Waals surface area contributed by atoms with Crippen LogP contribution in [0.2, 0.25) is 0 Å². The van der Waals surface area contributed by atoms with E-state index in [2.05, 4.69) is 5.32 Å². The minimum Gasteiger partial charge on any atom is -0.462 e. The van der Waals surface area contributed by atoms with E-state index in [9.17, 15) is 19.2 Å². The van der Waals surface area contributed by atoms with Crippen molar-refractivity contribution in [3.8, 4) is 0 Å². The van der Waals surface area contributed by atoms with E-state index in [0.29, 0.717) is 16.5 Å². The lowest BCUT2D eigenvalue weighted by Crippen LogP contribution is -2.28. The molecular weight excluding hydrogens is 456 g/mol. The topological polar surface area (TPSA) is 102 Å². The number of amides is 2. The predicted molar refractivity (Wildman–Crippen MR) is 128 cm³/mol. The van der Waals surface area contributed by atoms with Crippen LogP contribution in [0, 0.1) is 19.8 Å². The van der Waals surface area contributed by atoms with E-state index >= 15 is 0 Å². The minimum atomic E-state index is -0.640. The van der Waals surface area contributed by atoms with Gasteiger partial charge in [0.05, 0.1) is 18.1 Å². The Morgan fingerprint density at radius 3 is 2.65 bits per heavy atom. The highest BCUT2D eigenvalue weighted by Gasteiger charge is 2.37. The molecule has 1 atom stereocenters. The molecule has 4 rings (SSSR count). The molecule has 0 bridgehead atoms. The summed E-state index contributed by atoms with van der Waals surface area (Å²) in [6.07, 6.45) is 2.05. The van der Waals surface area contributed by atoms with Gasteiger partial charge in [0.25, 0.3) is 5.91 Å². The van der Waals surface area contributed by atoms with E-state index in [4.69, 9.17) is 9.47 Å². The van der Waals surface area contributed by atoms with Crippen molar-refractivity contribution in [2.75, 3.05) is 30.0 Å². The molecule has 180 valence electrons. The minimum absolute atomic E-state index is 0.0382. The highest BCUT2D eigenvalue weighted by Crippen LogP contribution is 2.46. The van der Waals surface area contributed by atoms with E-state index in [1.807, 2.05) is 37.4 Å². The number of thiophene rings is 1. The molecule has 1 saturated heterocycles. The number of anilines is 2. The van der Waals surface area contributed by atoms with Crippen LogP contribution in [0.5, 0.6) is 0 Å². The highest BCUT2D eigenvalue weighted by atomic mass is 32.1. The molecule has 2 aromatic rings. The van der Waals surface area contributed by atoms with Crippen LogP contribution in [0.15, 0.2) is 23.6 Å². The standard InChI is InChI=1S/C25H28N2O6S/c1-4-32-25(31)22-18(16-8-9-16)13-34-23(22)26-20(28)12-33-24(30)17-10-21(29)27(11-17)19-7-5-6-14(2)15(19)3/h5-7,13,16-17H,4,8-12H2,1-3H3,(H,26,28)/t17-/m0/s1.